The predicted molar refractivity (Wildman–Crippen MR) is 53.3 cm³/mol. The van der Waals surface area contributed by atoms with E-state index in [1.807, 2.05) is 0 Å². The molecule has 0 radical (unpaired) electrons. The van der Waals surface area contributed by atoms with Crippen molar-refractivity contribution in [2.75, 3.05) is 11.9 Å². The molecule has 0 N–H and O–H groups in total. The van der Waals surface area contributed by atoms with E-state index in [4.69, 9.17) is 4.74 Å². The van der Waals surface area contributed by atoms with Gasteiger partial charge in [-0.15, -0.1) is 0 Å². The molecule has 0 aliphatic carbocycles. The fraction of sp³-hybridized carbons (Fsp3) is 0.667. The van der Waals surface area contributed by atoms with Gasteiger partial charge in [0.2, 0.25) is 0 Å². The van der Waals surface area contributed by atoms with Gasteiger partial charge in [0.25, 0.3) is 0 Å². The Hall–Kier alpha value is -0.310. The van der Waals surface area contributed by atoms with Gasteiger partial charge in [-0.1, -0.05) is 36.4 Å². The topological polar surface area (TPSA) is 26.3 Å². The SMILES string of the molecule is C=CC(=O)OCCC(C)(C)CBr. The van der Waals surface area contributed by atoms with Crippen molar-refractivity contribution in [1.29, 1.82) is 0 Å². The first-order chi connectivity index (χ1) is 5.52. The number of esters is 1. The first kappa shape index (κ1) is 11.7. The van der Waals surface area contributed by atoms with E-state index in [0.717, 1.165) is 11.8 Å². The molecule has 0 fully saturated rings. The van der Waals surface area contributed by atoms with Crippen molar-refractivity contribution >= 4 is 21.9 Å². The molecular weight excluding hydrogens is 220 g/mol. The van der Waals surface area contributed by atoms with Crippen LogP contribution in [-0.2, 0) is 9.53 Å². The molecular formula is C9H15BrO2. The summed E-state index contributed by atoms with van der Waals surface area (Å²) in [5, 5.41) is 0.908. The number of halogens is 1. The predicted octanol–water partition coefficient (Wildman–Crippen LogP) is 2.53. The normalized spacial score (nSPS) is 10.9. The van der Waals surface area contributed by atoms with E-state index in [2.05, 4.69) is 36.4 Å². The van der Waals surface area contributed by atoms with E-state index >= 15 is 0 Å². The van der Waals surface area contributed by atoms with Crippen LogP contribution in [-0.4, -0.2) is 17.9 Å². The van der Waals surface area contributed by atoms with Gasteiger partial charge in [0.05, 0.1) is 6.61 Å². The molecule has 0 amide bonds. The molecule has 12 heavy (non-hydrogen) atoms. The second-order valence-electron chi connectivity index (χ2n) is 3.42. The average molecular weight is 235 g/mol. The summed E-state index contributed by atoms with van der Waals surface area (Å²) in [7, 11) is 0. The second kappa shape index (κ2) is 5.36. The summed E-state index contributed by atoms with van der Waals surface area (Å²) >= 11 is 3.39. The minimum atomic E-state index is -0.347. The van der Waals surface area contributed by atoms with Crippen LogP contribution in [0, 0.1) is 5.41 Å². The average Bonchev–Trinajstić information content (AvgIpc) is 2.04. The van der Waals surface area contributed by atoms with Crippen molar-refractivity contribution in [3.05, 3.63) is 12.7 Å². The molecule has 0 saturated carbocycles. The van der Waals surface area contributed by atoms with Crippen molar-refractivity contribution in [2.24, 2.45) is 5.41 Å². The molecule has 0 saturated heterocycles. The summed E-state index contributed by atoms with van der Waals surface area (Å²) in [6.07, 6.45) is 2.04. The first-order valence-corrected chi connectivity index (χ1v) is 4.99. The molecule has 0 aromatic carbocycles. The Kier molecular flexibility index (Phi) is 5.22. The lowest BCUT2D eigenvalue weighted by Crippen LogP contribution is -2.17. The Morgan fingerprint density at radius 1 is 1.67 bits per heavy atom. The molecule has 0 bridgehead atoms. The third-order valence-corrected chi connectivity index (χ3v) is 3.07. The summed E-state index contributed by atoms with van der Waals surface area (Å²) in [6, 6.07) is 0. The third kappa shape index (κ3) is 5.35. The highest BCUT2D eigenvalue weighted by atomic mass is 79.9. The van der Waals surface area contributed by atoms with Gasteiger partial charge in [-0.2, -0.15) is 0 Å². The van der Waals surface area contributed by atoms with Crippen molar-refractivity contribution < 1.29 is 9.53 Å². The lowest BCUT2D eigenvalue weighted by atomic mass is 9.93. The third-order valence-electron chi connectivity index (χ3n) is 1.55. The van der Waals surface area contributed by atoms with E-state index in [-0.39, 0.29) is 11.4 Å². The van der Waals surface area contributed by atoms with Crippen molar-refractivity contribution in [3.63, 3.8) is 0 Å². The van der Waals surface area contributed by atoms with Crippen LogP contribution in [0.15, 0.2) is 12.7 Å². The largest absolute Gasteiger partial charge is 0.463 e. The van der Waals surface area contributed by atoms with E-state index in [0.29, 0.717) is 6.61 Å². The molecule has 0 rings (SSSR count). The lowest BCUT2D eigenvalue weighted by Gasteiger charge is -2.20. The fourth-order valence-corrected chi connectivity index (χ4v) is 0.834. The van der Waals surface area contributed by atoms with Crippen LogP contribution in [0.5, 0.6) is 0 Å². The zero-order chi connectivity index (χ0) is 9.61. The van der Waals surface area contributed by atoms with Crippen molar-refractivity contribution in [1.82, 2.24) is 0 Å². The zero-order valence-corrected chi connectivity index (χ0v) is 9.19. The van der Waals surface area contributed by atoms with E-state index in [9.17, 15) is 4.79 Å². The summed E-state index contributed by atoms with van der Waals surface area (Å²) in [4.78, 5) is 10.6. The Labute approximate surface area is 82.1 Å². The number of carbonyl (C=O) groups is 1. The van der Waals surface area contributed by atoms with Crippen molar-refractivity contribution in [3.8, 4) is 0 Å². The number of hydrogen-bond donors (Lipinski definition) is 0. The maximum absolute atomic E-state index is 10.6. The highest BCUT2D eigenvalue weighted by Gasteiger charge is 2.15. The Morgan fingerprint density at radius 3 is 2.67 bits per heavy atom. The Balaban J connectivity index is 3.56. The minimum Gasteiger partial charge on any atom is -0.463 e. The number of carbonyl (C=O) groups excluding carboxylic acids is 1. The molecule has 0 atom stereocenters. The summed E-state index contributed by atoms with van der Waals surface area (Å²) in [6.45, 7) is 8.00. The van der Waals surface area contributed by atoms with Crippen LogP contribution < -0.4 is 0 Å². The van der Waals surface area contributed by atoms with Gasteiger partial charge in [0, 0.05) is 11.4 Å². The molecule has 3 heteroatoms. The minimum absolute atomic E-state index is 0.182. The molecule has 0 unspecified atom stereocenters. The van der Waals surface area contributed by atoms with Crippen LogP contribution in [0.2, 0.25) is 0 Å². The van der Waals surface area contributed by atoms with Gasteiger partial charge in [0.15, 0.2) is 0 Å². The summed E-state index contributed by atoms with van der Waals surface area (Å²) < 4.78 is 4.85. The molecule has 0 aliphatic heterocycles. The first-order valence-electron chi connectivity index (χ1n) is 3.87. The summed E-state index contributed by atoms with van der Waals surface area (Å²) in [5.41, 5.74) is 0.182. The fourth-order valence-electron chi connectivity index (χ4n) is 0.554. The molecule has 0 heterocycles. The quantitative estimate of drug-likeness (QED) is 0.415. The number of rotatable bonds is 5. The molecule has 0 aromatic heterocycles. The number of hydrogen-bond acceptors (Lipinski definition) is 2. The molecule has 0 aromatic rings. The van der Waals surface area contributed by atoms with Gasteiger partial charge >= 0.3 is 5.97 Å². The summed E-state index contributed by atoms with van der Waals surface area (Å²) in [5.74, 6) is -0.347. The lowest BCUT2D eigenvalue weighted by molar-refractivity contribution is -0.138. The standard InChI is InChI=1S/C9H15BrO2/c1-4-8(11)12-6-5-9(2,3)7-10/h4H,1,5-7H2,2-3H3. The van der Waals surface area contributed by atoms with E-state index in [1.165, 1.54) is 6.08 Å². The van der Waals surface area contributed by atoms with E-state index < -0.39 is 0 Å². The van der Waals surface area contributed by atoms with E-state index in [1.54, 1.807) is 0 Å². The highest BCUT2D eigenvalue weighted by molar-refractivity contribution is 9.09. The van der Waals surface area contributed by atoms with Gasteiger partial charge in [-0.25, -0.2) is 4.79 Å². The Bertz CT molecular complexity index is 164. The van der Waals surface area contributed by atoms with Crippen LogP contribution in [0.3, 0.4) is 0 Å². The maximum atomic E-state index is 10.6. The molecule has 70 valence electrons. The van der Waals surface area contributed by atoms with Gasteiger partial charge in [-0.3, -0.25) is 0 Å². The van der Waals surface area contributed by atoms with Gasteiger partial charge in [-0.05, 0) is 11.8 Å². The van der Waals surface area contributed by atoms with Crippen LogP contribution in [0.25, 0.3) is 0 Å². The van der Waals surface area contributed by atoms with Crippen LogP contribution in [0.4, 0.5) is 0 Å². The van der Waals surface area contributed by atoms with Crippen LogP contribution in [0.1, 0.15) is 20.3 Å². The smallest absolute Gasteiger partial charge is 0.330 e. The Morgan fingerprint density at radius 2 is 2.25 bits per heavy atom. The molecule has 0 aliphatic rings. The number of ether oxygens (including phenoxy) is 1. The zero-order valence-electron chi connectivity index (χ0n) is 7.60. The van der Waals surface area contributed by atoms with Gasteiger partial charge in [0.1, 0.15) is 0 Å². The van der Waals surface area contributed by atoms with Crippen LogP contribution >= 0.6 is 15.9 Å². The number of alkyl halides is 1. The molecule has 0 spiro atoms. The maximum Gasteiger partial charge on any atom is 0.330 e. The van der Waals surface area contributed by atoms with Gasteiger partial charge < -0.3 is 4.74 Å². The highest BCUT2D eigenvalue weighted by Crippen LogP contribution is 2.22. The monoisotopic (exact) mass is 234 g/mol. The second-order valence-corrected chi connectivity index (χ2v) is 3.98. The molecule has 2 nitrogen and oxygen atoms in total. The van der Waals surface area contributed by atoms with Crippen molar-refractivity contribution in [2.45, 2.75) is 20.3 Å².